The summed E-state index contributed by atoms with van der Waals surface area (Å²) >= 11 is 0. The molecule has 0 aliphatic carbocycles. The van der Waals surface area contributed by atoms with Crippen molar-refractivity contribution in [2.24, 2.45) is 5.84 Å². The minimum Gasteiger partial charge on any atom is -0.366 e. The Labute approximate surface area is 119 Å². The van der Waals surface area contributed by atoms with Crippen LogP contribution < -0.4 is 16.6 Å². The molecule has 0 radical (unpaired) electrons. The van der Waals surface area contributed by atoms with Crippen molar-refractivity contribution in [2.75, 3.05) is 10.7 Å². The Kier molecular flexibility index (Phi) is 4.90. The molecule has 20 heavy (non-hydrogen) atoms. The van der Waals surface area contributed by atoms with E-state index in [0.717, 1.165) is 30.8 Å². The van der Waals surface area contributed by atoms with Crippen molar-refractivity contribution >= 4 is 11.6 Å². The quantitative estimate of drug-likeness (QED) is 0.556. The minimum atomic E-state index is 0.673. The van der Waals surface area contributed by atoms with Crippen LogP contribution in [0.25, 0.3) is 0 Å². The number of aromatic nitrogens is 2. The number of nitrogens with one attached hydrogen (secondary N) is 2. The van der Waals surface area contributed by atoms with Crippen LogP contribution in [0.2, 0.25) is 0 Å². The highest BCUT2D eigenvalue weighted by Gasteiger charge is 2.08. The average Bonchev–Trinajstić information content (AvgIpc) is 2.52. The summed E-state index contributed by atoms with van der Waals surface area (Å²) in [6.45, 7) is 4.95. The van der Waals surface area contributed by atoms with Crippen molar-refractivity contribution in [3.63, 3.8) is 0 Å². The molecule has 1 aromatic heterocycles. The maximum atomic E-state index is 5.47. The van der Waals surface area contributed by atoms with Crippen LogP contribution in [-0.4, -0.2) is 9.97 Å². The monoisotopic (exact) mass is 271 g/mol. The van der Waals surface area contributed by atoms with Gasteiger partial charge in [-0.2, -0.15) is 0 Å². The van der Waals surface area contributed by atoms with Crippen LogP contribution in [0.1, 0.15) is 30.5 Å². The Morgan fingerprint density at radius 2 is 1.60 bits per heavy atom. The highest BCUT2D eigenvalue weighted by atomic mass is 15.3. The predicted octanol–water partition coefficient (Wildman–Crippen LogP) is 2.50. The molecule has 0 unspecified atom stereocenters. The summed E-state index contributed by atoms with van der Waals surface area (Å²) in [5, 5.41) is 3.35. The van der Waals surface area contributed by atoms with Gasteiger partial charge >= 0.3 is 0 Å². The molecule has 0 saturated heterocycles. The highest BCUT2D eigenvalue weighted by Crippen LogP contribution is 2.20. The van der Waals surface area contributed by atoms with Crippen molar-refractivity contribution in [1.82, 2.24) is 9.97 Å². The summed E-state index contributed by atoms with van der Waals surface area (Å²) in [6, 6.07) is 8.59. The predicted molar refractivity (Wildman–Crippen MR) is 82.4 cm³/mol. The van der Waals surface area contributed by atoms with Crippen LogP contribution in [-0.2, 0) is 19.4 Å². The fraction of sp³-hybridized carbons (Fsp3) is 0.333. The Morgan fingerprint density at radius 1 is 0.950 bits per heavy atom. The van der Waals surface area contributed by atoms with Gasteiger partial charge in [0.25, 0.3) is 0 Å². The van der Waals surface area contributed by atoms with E-state index in [1.54, 1.807) is 0 Å². The molecule has 0 aliphatic rings. The summed E-state index contributed by atoms with van der Waals surface area (Å²) in [7, 11) is 0. The molecule has 0 saturated carbocycles. The lowest BCUT2D eigenvalue weighted by Gasteiger charge is -2.12. The maximum absolute atomic E-state index is 5.47. The third-order valence-corrected chi connectivity index (χ3v) is 3.33. The third-order valence-electron chi connectivity index (χ3n) is 3.33. The van der Waals surface area contributed by atoms with Gasteiger partial charge in [0, 0.05) is 12.1 Å². The zero-order valence-corrected chi connectivity index (χ0v) is 12.0. The normalized spacial score (nSPS) is 10.3. The van der Waals surface area contributed by atoms with Crippen molar-refractivity contribution in [1.29, 1.82) is 0 Å². The number of hydrogen-bond donors (Lipinski definition) is 3. The summed E-state index contributed by atoms with van der Waals surface area (Å²) in [6.07, 6.45) is 3.39. The number of aryl methyl sites for hydroxylation is 1. The second kappa shape index (κ2) is 6.86. The minimum absolute atomic E-state index is 0.673. The van der Waals surface area contributed by atoms with E-state index in [2.05, 4.69) is 58.8 Å². The molecule has 0 bridgehead atoms. The first-order valence-electron chi connectivity index (χ1n) is 6.90. The second-order valence-corrected chi connectivity index (χ2v) is 4.57. The van der Waals surface area contributed by atoms with Gasteiger partial charge in [0.2, 0.25) is 0 Å². The molecule has 1 heterocycles. The van der Waals surface area contributed by atoms with Crippen molar-refractivity contribution < 1.29 is 0 Å². The van der Waals surface area contributed by atoms with Gasteiger partial charge in [-0.05, 0) is 24.0 Å². The van der Waals surface area contributed by atoms with Gasteiger partial charge in [0.1, 0.15) is 18.0 Å². The Hall–Kier alpha value is -2.14. The lowest BCUT2D eigenvalue weighted by Crippen LogP contribution is -2.14. The zero-order chi connectivity index (χ0) is 14.4. The van der Waals surface area contributed by atoms with Gasteiger partial charge < -0.3 is 10.7 Å². The topological polar surface area (TPSA) is 75.9 Å². The van der Waals surface area contributed by atoms with Crippen molar-refractivity contribution in [3.05, 3.63) is 47.3 Å². The first-order valence-corrected chi connectivity index (χ1v) is 6.90. The molecule has 0 spiro atoms. The van der Waals surface area contributed by atoms with Gasteiger partial charge in [-0.1, -0.05) is 38.1 Å². The van der Waals surface area contributed by atoms with E-state index in [9.17, 15) is 0 Å². The fourth-order valence-electron chi connectivity index (χ4n) is 2.10. The zero-order valence-electron chi connectivity index (χ0n) is 12.0. The number of anilines is 2. The van der Waals surface area contributed by atoms with Gasteiger partial charge in [-0.15, -0.1) is 0 Å². The van der Waals surface area contributed by atoms with Gasteiger partial charge in [-0.25, -0.2) is 15.8 Å². The summed E-state index contributed by atoms with van der Waals surface area (Å²) in [5.74, 6) is 6.97. The maximum Gasteiger partial charge on any atom is 0.148 e. The molecule has 106 valence electrons. The molecular weight excluding hydrogens is 250 g/mol. The molecule has 4 N–H and O–H groups in total. The second-order valence-electron chi connectivity index (χ2n) is 4.57. The van der Waals surface area contributed by atoms with E-state index in [0.29, 0.717) is 5.82 Å². The van der Waals surface area contributed by atoms with E-state index in [1.807, 2.05) is 0 Å². The summed E-state index contributed by atoms with van der Waals surface area (Å²) in [5.41, 5.74) is 6.18. The molecule has 0 amide bonds. The number of hydrazine groups is 1. The first kappa shape index (κ1) is 14.3. The number of nitrogens with two attached hydrogens (primary N) is 1. The lowest BCUT2D eigenvalue weighted by atomic mass is 10.1. The van der Waals surface area contributed by atoms with Gasteiger partial charge in [0.15, 0.2) is 0 Å². The van der Waals surface area contributed by atoms with Crippen LogP contribution in [0.3, 0.4) is 0 Å². The standard InChI is InChI=1S/C15H21N5/c1-3-11-5-7-12(8-6-11)9-17-14-13(4-2)15(20-16)19-10-18-14/h5-8,10H,3-4,9,16H2,1-2H3,(H2,17,18,19,20). The number of nitrogens with zero attached hydrogens (tertiary/aromatic N) is 2. The third kappa shape index (κ3) is 3.24. The van der Waals surface area contributed by atoms with Crippen LogP contribution in [0.4, 0.5) is 11.6 Å². The summed E-state index contributed by atoms with van der Waals surface area (Å²) < 4.78 is 0. The molecule has 1 aromatic carbocycles. The van der Waals surface area contributed by atoms with Gasteiger partial charge in [-0.3, -0.25) is 0 Å². The molecule has 2 aromatic rings. The largest absolute Gasteiger partial charge is 0.366 e. The number of benzene rings is 1. The van der Waals surface area contributed by atoms with E-state index in [4.69, 9.17) is 5.84 Å². The Balaban J connectivity index is 2.10. The van der Waals surface area contributed by atoms with Crippen LogP contribution in [0.5, 0.6) is 0 Å². The Morgan fingerprint density at radius 3 is 2.20 bits per heavy atom. The smallest absolute Gasteiger partial charge is 0.148 e. The van der Waals surface area contributed by atoms with Gasteiger partial charge in [0.05, 0.1) is 0 Å². The molecule has 0 atom stereocenters. The van der Waals surface area contributed by atoms with E-state index in [-0.39, 0.29) is 0 Å². The molecule has 0 fully saturated rings. The van der Waals surface area contributed by atoms with Crippen LogP contribution >= 0.6 is 0 Å². The fourth-order valence-corrected chi connectivity index (χ4v) is 2.10. The molecular formula is C15H21N5. The number of hydrogen-bond acceptors (Lipinski definition) is 5. The molecule has 5 heteroatoms. The van der Waals surface area contributed by atoms with Crippen molar-refractivity contribution in [3.8, 4) is 0 Å². The molecule has 0 aliphatic heterocycles. The Bertz CT molecular complexity index is 551. The lowest BCUT2D eigenvalue weighted by molar-refractivity contribution is 1.00. The average molecular weight is 271 g/mol. The van der Waals surface area contributed by atoms with E-state index >= 15 is 0 Å². The number of rotatable bonds is 6. The van der Waals surface area contributed by atoms with E-state index < -0.39 is 0 Å². The van der Waals surface area contributed by atoms with E-state index in [1.165, 1.54) is 17.5 Å². The van der Waals surface area contributed by atoms with Crippen molar-refractivity contribution in [2.45, 2.75) is 33.2 Å². The first-order chi connectivity index (χ1) is 9.78. The highest BCUT2D eigenvalue weighted by molar-refractivity contribution is 5.56. The SMILES string of the molecule is CCc1ccc(CNc2ncnc(NN)c2CC)cc1. The molecule has 2 rings (SSSR count). The van der Waals surface area contributed by atoms with Crippen LogP contribution in [0, 0.1) is 0 Å². The summed E-state index contributed by atoms with van der Waals surface area (Å²) in [4.78, 5) is 8.41. The van der Waals surface area contributed by atoms with Crippen LogP contribution in [0.15, 0.2) is 30.6 Å². The molecule has 5 nitrogen and oxygen atoms in total. The number of nitrogen functional groups attached to an aromatic ring is 1.